The average Bonchev–Trinajstić information content (AvgIpc) is 3.26. The van der Waals surface area contributed by atoms with Gasteiger partial charge in [0.25, 0.3) is 5.91 Å². The number of amides is 1. The number of pyridine rings is 1. The number of ether oxygens (including phenoxy) is 1. The van der Waals surface area contributed by atoms with E-state index in [4.69, 9.17) is 9.72 Å². The second kappa shape index (κ2) is 12.4. The van der Waals surface area contributed by atoms with Crippen LogP contribution in [0.5, 0.6) is 11.5 Å². The van der Waals surface area contributed by atoms with Gasteiger partial charge in [0.1, 0.15) is 17.2 Å². The molecule has 3 heterocycles. The topological polar surface area (TPSA) is 90.8 Å². The number of aromatic nitrogens is 3. The van der Waals surface area contributed by atoms with Crippen LogP contribution in [0.1, 0.15) is 16.9 Å². The summed E-state index contributed by atoms with van der Waals surface area (Å²) >= 11 is 0. The minimum atomic E-state index is -0.196. The molecular weight excluding hydrogens is 504 g/mol. The van der Waals surface area contributed by atoms with E-state index in [1.165, 1.54) is 0 Å². The number of aryl methyl sites for hydroxylation is 1. The van der Waals surface area contributed by atoms with Gasteiger partial charge in [0, 0.05) is 83.6 Å². The molecule has 2 aromatic carbocycles. The fourth-order valence-electron chi connectivity index (χ4n) is 4.73. The molecule has 0 aliphatic carbocycles. The van der Waals surface area contributed by atoms with E-state index in [1.54, 1.807) is 18.3 Å². The minimum Gasteiger partial charge on any atom is -0.457 e. The van der Waals surface area contributed by atoms with E-state index in [-0.39, 0.29) is 5.91 Å². The summed E-state index contributed by atoms with van der Waals surface area (Å²) in [5.41, 5.74) is 4.21. The highest BCUT2D eigenvalue weighted by Crippen LogP contribution is 2.28. The van der Waals surface area contributed by atoms with Crippen LogP contribution in [0, 0.1) is 0 Å². The van der Waals surface area contributed by atoms with Crippen molar-refractivity contribution < 1.29 is 9.53 Å². The number of benzene rings is 2. The Labute approximate surface area is 235 Å². The van der Waals surface area contributed by atoms with Crippen LogP contribution >= 0.6 is 0 Å². The smallest absolute Gasteiger partial charge is 0.270 e. The highest BCUT2D eigenvalue weighted by Gasteiger charge is 2.14. The molecule has 0 saturated carbocycles. The summed E-state index contributed by atoms with van der Waals surface area (Å²) < 4.78 is 8.10. The van der Waals surface area contributed by atoms with E-state index >= 15 is 0 Å². The highest BCUT2D eigenvalue weighted by atomic mass is 16.5. The molecule has 0 radical (unpaired) electrons. The van der Waals surface area contributed by atoms with Gasteiger partial charge in [0.05, 0.1) is 11.0 Å². The van der Waals surface area contributed by atoms with Crippen LogP contribution in [0.15, 0.2) is 60.8 Å². The van der Waals surface area contributed by atoms with Crippen molar-refractivity contribution in [3.63, 3.8) is 0 Å². The number of nitrogens with one attached hydrogen (secondary N) is 2. The van der Waals surface area contributed by atoms with E-state index in [2.05, 4.69) is 49.5 Å². The summed E-state index contributed by atoms with van der Waals surface area (Å²) in [7, 11) is 8.17. The molecule has 210 valence electrons. The first-order chi connectivity index (χ1) is 19.4. The number of anilines is 3. The van der Waals surface area contributed by atoms with Crippen molar-refractivity contribution >= 4 is 34.3 Å². The molecule has 0 bridgehead atoms. The molecule has 0 spiro atoms. The average molecular weight is 543 g/mol. The molecule has 2 N–H and O–H groups in total. The lowest BCUT2D eigenvalue weighted by Crippen LogP contribution is -2.45. The number of rotatable bonds is 10. The largest absolute Gasteiger partial charge is 0.457 e. The first-order valence-corrected chi connectivity index (χ1v) is 13.7. The van der Waals surface area contributed by atoms with Crippen molar-refractivity contribution in [1.29, 1.82) is 0 Å². The maximum Gasteiger partial charge on any atom is 0.270 e. The van der Waals surface area contributed by atoms with Crippen LogP contribution < -0.4 is 20.3 Å². The van der Waals surface area contributed by atoms with E-state index in [9.17, 15) is 4.79 Å². The van der Waals surface area contributed by atoms with E-state index < -0.39 is 0 Å². The van der Waals surface area contributed by atoms with Gasteiger partial charge in [0.2, 0.25) is 5.95 Å². The molecule has 40 heavy (non-hydrogen) atoms. The third-order valence-corrected chi connectivity index (χ3v) is 7.22. The SMILES string of the molecule is CN1CCN(CCCNC(=O)c2cc(Oc3ccc4c(c3)nc(Nc3ccc(N(C)C)cc3)n4C)ccn2)CC1. The van der Waals surface area contributed by atoms with Crippen molar-refractivity contribution in [2.75, 3.05) is 70.6 Å². The molecule has 0 atom stereocenters. The fourth-order valence-corrected chi connectivity index (χ4v) is 4.73. The normalized spacial score (nSPS) is 14.3. The Balaban J connectivity index is 1.18. The third kappa shape index (κ3) is 6.70. The summed E-state index contributed by atoms with van der Waals surface area (Å²) in [5.74, 6) is 1.72. The van der Waals surface area contributed by atoms with Crippen LogP contribution in [0.2, 0.25) is 0 Å². The molecule has 5 rings (SSSR count). The number of carbonyl (C=O) groups excluding carboxylic acids is 1. The van der Waals surface area contributed by atoms with Gasteiger partial charge in [-0.05, 0) is 62.5 Å². The number of hydrogen-bond acceptors (Lipinski definition) is 8. The number of fused-ring (bicyclic) bond motifs is 1. The summed E-state index contributed by atoms with van der Waals surface area (Å²) in [4.78, 5) is 28.6. The summed E-state index contributed by atoms with van der Waals surface area (Å²) in [5, 5.41) is 6.38. The van der Waals surface area contributed by atoms with Crippen LogP contribution in [-0.2, 0) is 7.05 Å². The number of carbonyl (C=O) groups is 1. The van der Waals surface area contributed by atoms with Crippen LogP contribution in [0.4, 0.5) is 17.3 Å². The molecule has 1 aliphatic rings. The predicted octanol–water partition coefficient (Wildman–Crippen LogP) is 3.94. The van der Waals surface area contributed by atoms with Crippen LogP contribution in [0.25, 0.3) is 11.0 Å². The maximum absolute atomic E-state index is 12.7. The van der Waals surface area contributed by atoms with E-state index in [1.807, 2.05) is 56.0 Å². The minimum absolute atomic E-state index is 0.196. The number of piperazine rings is 1. The molecule has 1 aliphatic heterocycles. The molecule has 10 heteroatoms. The van der Waals surface area contributed by atoms with Gasteiger partial charge >= 0.3 is 0 Å². The third-order valence-electron chi connectivity index (χ3n) is 7.22. The monoisotopic (exact) mass is 542 g/mol. The van der Waals surface area contributed by atoms with Gasteiger partial charge in [-0.1, -0.05) is 0 Å². The highest BCUT2D eigenvalue weighted by molar-refractivity contribution is 5.92. The maximum atomic E-state index is 12.7. The van der Waals surface area contributed by atoms with E-state index in [0.717, 1.165) is 67.5 Å². The Kier molecular flexibility index (Phi) is 8.47. The van der Waals surface area contributed by atoms with Crippen molar-refractivity contribution in [3.8, 4) is 11.5 Å². The Hall–Kier alpha value is -4.15. The predicted molar refractivity (Wildman–Crippen MR) is 160 cm³/mol. The van der Waals surface area contributed by atoms with Crippen LogP contribution in [0.3, 0.4) is 0 Å². The lowest BCUT2D eigenvalue weighted by atomic mass is 10.2. The summed E-state index contributed by atoms with van der Waals surface area (Å²) in [6.45, 7) is 5.96. The van der Waals surface area contributed by atoms with Crippen LogP contribution in [-0.4, -0.2) is 90.7 Å². The molecule has 1 saturated heterocycles. The van der Waals surface area contributed by atoms with E-state index in [0.29, 0.717) is 23.7 Å². The second-order valence-electron chi connectivity index (χ2n) is 10.4. The Morgan fingerprint density at radius 1 is 0.975 bits per heavy atom. The van der Waals surface area contributed by atoms with Gasteiger partial charge in [-0.2, -0.15) is 0 Å². The zero-order valence-electron chi connectivity index (χ0n) is 23.7. The molecule has 2 aromatic heterocycles. The van der Waals surface area contributed by atoms with Gasteiger partial charge in [0.15, 0.2) is 0 Å². The summed E-state index contributed by atoms with van der Waals surface area (Å²) in [6, 6.07) is 17.4. The molecule has 1 fully saturated rings. The molecule has 10 nitrogen and oxygen atoms in total. The molecule has 1 amide bonds. The van der Waals surface area contributed by atoms with Gasteiger partial charge in [-0.15, -0.1) is 0 Å². The van der Waals surface area contributed by atoms with Crippen molar-refractivity contribution in [3.05, 3.63) is 66.5 Å². The Morgan fingerprint density at radius 3 is 2.48 bits per heavy atom. The molecular formula is C30H38N8O2. The number of imidazole rings is 1. The number of nitrogens with zero attached hydrogens (tertiary/aromatic N) is 6. The van der Waals surface area contributed by atoms with Crippen molar-refractivity contribution in [2.45, 2.75) is 6.42 Å². The second-order valence-corrected chi connectivity index (χ2v) is 10.4. The number of hydrogen-bond donors (Lipinski definition) is 2. The van der Waals surface area contributed by atoms with Gasteiger partial charge in [-0.25, -0.2) is 4.98 Å². The first-order valence-electron chi connectivity index (χ1n) is 13.7. The van der Waals surface area contributed by atoms with Crippen molar-refractivity contribution in [2.24, 2.45) is 7.05 Å². The quantitative estimate of drug-likeness (QED) is 0.291. The molecule has 4 aromatic rings. The van der Waals surface area contributed by atoms with Gasteiger partial charge in [-0.3, -0.25) is 9.78 Å². The first kappa shape index (κ1) is 27.4. The lowest BCUT2D eigenvalue weighted by molar-refractivity contribution is 0.0944. The lowest BCUT2D eigenvalue weighted by Gasteiger charge is -2.32. The number of likely N-dealkylation sites (N-methyl/N-ethyl adjacent to an activating group) is 1. The fraction of sp³-hybridized carbons (Fsp3) is 0.367. The van der Waals surface area contributed by atoms with Crippen molar-refractivity contribution in [1.82, 2.24) is 29.7 Å². The zero-order valence-corrected chi connectivity index (χ0v) is 23.7. The molecule has 0 unspecified atom stereocenters. The summed E-state index contributed by atoms with van der Waals surface area (Å²) in [6.07, 6.45) is 2.51. The Morgan fingerprint density at radius 2 is 1.73 bits per heavy atom. The van der Waals surface area contributed by atoms with Gasteiger partial charge < -0.3 is 34.6 Å². The Bertz CT molecular complexity index is 1440. The zero-order chi connectivity index (χ0) is 28.1. The standard InChI is InChI=1S/C30H38N8O2/c1-35(2)23-8-6-22(7-9-23)33-30-34-26-20-24(10-11-28(26)37(30)4)40-25-12-14-31-27(21-25)29(39)32-13-5-15-38-18-16-36(3)17-19-38/h6-12,14,20-21H,5,13,15-19H2,1-4H3,(H,32,39)(H,33,34).